The lowest BCUT2D eigenvalue weighted by Gasteiger charge is -2.28. The highest BCUT2D eigenvalue weighted by Gasteiger charge is 2.17. The summed E-state index contributed by atoms with van der Waals surface area (Å²) >= 11 is 0. The van der Waals surface area contributed by atoms with E-state index in [-0.39, 0.29) is 12.0 Å². The molecule has 10 heavy (non-hydrogen) atoms. The van der Waals surface area contributed by atoms with Crippen molar-refractivity contribution in [3.05, 3.63) is 6.92 Å². The standard InChI is InChI=1S/C7H11NO2/c1-6(9)8-4-2-7(10)3-5-8/h1,7,10H,2-5H2. The topological polar surface area (TPSA) is 40.5 Å². The van der Waals surface area contributed by atoms with E-state index in [1.54, 1.807) is 4.90 Å². The number of piperidine rings is 1. The van der Waals surface area contributed by atoms with E-state index in [0.717, 1.165) is 0 Å². The average Bonchev–Trinajstić information content (AvgIpc) is 1.88. The Bertz CT molecular complexity index is 128. The van der Waals surface area contributed by atoms with Crippen molar-refractivity contribution < 1.29 is 9.90 Å². The largest absolute Gasteiger partial charge is 0.393 e. The van der Waals surface area contributed by atoms with E-state index in [1.807, 2.05) is 0 Å². The van der Waals surface area contributed by atoms with Crippen LogP contribution in [0, 0.1) is 6.92 Å². The maximum absolute atomic E-state index is 10.5. The minimum Gasteiger partial charge on any atom is -0.393 e. The predicted molar refractivity (Wildman–Crippen MR) is 36.1 cm³/mol. The van der Waals surface area contributed by atoms with Crippen molar-refractivity contribution >= 4 is 5.91 Å². The van der Waals surface area contributed by atoms with Gasteiger partial charge in [0.25, 0.3) is 0 Å². The van der Waals surface area contributed by atoms with Crippen LogP contribution >= 0.6 is 0 Å². The van der Waals surface area contributed by atoms with Gasteiger partial charge in [-0.1, -0.05) is 0 Å². The molecule has 56 valence electrons. The summed E-state index contributed by atoms with van der Waals surface area (Å²) in [5.74, 6) is -0.382. The van der Waals surface area contributed by atoms with Crippen molar-refractivity contribution in [1.29, 1.82) is 0 Å². The first kappa shape index (κ1) is 7.54. The van der Waals surface area contributed by atoms with Crippen molar-refractivity contribution in [2.45, 2.75) is 18.9 Å². The lowest BCUT2D eigenvalue weighted by Crippen LogP contribution is -2.38. The summed E-state index contributed by atoms with van der Waals surface area (Å²) in [7, 11) is 0. The number of carbonyl (C=O) groups excluding carboxylic acids is 1. The zero-order valence-electron chi connectivity index (χ0n) is 5.79. The number of amides is 1. The smallest absolute Gasteiger partial charge is 0.227 e. The fourth-order valence-corrected chi connectivity index (χ4v) is 1.09. The zero-order chi connectivity index (χ0) is 7.56. The molecule has 3 nitrogen and oxygen atoms in total. The Balaban J connectivity index is 2.33. The molecular formula is C7H11NO2. The first-order valence-electron chi connectivity index (χ1n) is 3.42. The van der Waals surface area contributed by atoms with Crippen LogP contribution in [0.2, 0.25) is 0 Å². The highest BCUT2D eigenvalue weighted by atomic mass is 16.3. The maximum atomic E-state index is 10.5. The monoisotopic (exact) mass is 141 g/mol. The summed E-state index contributed by atoms with van der Waals surface area (Å²) in [6.07, 6.45) is 1.07. The molecule has 0 aliphatic carbocycles. The first-order chi connectivity index (χ1) is 4.70. The van der Waals surface area contributed by atoms with Crippen molar-refractivity contribution in [2.24, 2.45) is 0 Å². The van der Waals surface area contributed by atoms with Gasteiger partial charge in [0.15, 0.2) is 0 Å². The number of aliphatic hydroxyl groups excluding tert-OH is 1. The second-order valence-corrected chi connectivity index (χ2v) is 2.56. The third-order valence-electron chi connectivity index (χ3n) is 1.78. The van der Waals surface area contributed by atoms with E-state index in [0.29, 0.717) is 25.9 Å². The molecule has 1 fully saturated rings. The molecule has 3 heteroatoms. The molecule has 1 aliphatic heterocycles. The summed E-state index contributed by atoms with van der Waals surface area (Å²) < 4.78 is 0. The molecule has 1 saturated heterocycles. The van der Waals surface area contributed by atoms with Crippen LogP contribution in [0.15, 0.2) is 0 Å². The molecular weight excluding hydrogens is 130 g/mol. The maximum Gasteiger partial charge on any atom is 0.227 e. The molecule has 0 unspecified atom stereocenters. The quantitative estimate of drug-likeness (QED) is 0.502. The number of hydrogen-bond acceptors (Lipinski definition) is 2. The van der Waals surface area contributed by atoms with E-state index < -0.39 is 0 Å². The SMILES string of the molecule is [CH]C(=O)N1CCC(O)CC1. The predicted octanol–water partition coefficient (Wildman–Crippen LogP) is -0.319. The number of carbonyl (C=O) groups is 1. The van der Waals surface area contributed by atoms with Crippen LogP contribution < -0.4 is 0 Å². The van der Waals surface area contributed by atoms with E-state index >= 15 is 0 Å². The van der Waals surface area contributed by atoms with Gasteiger partial charge in [-0.15, -0.1) is 0 Å². The minimum atomic E-state index is -0.382. The van der Waals surface area contributed by atoms with E-state index in [4.69, 9.17) is 12.0 Å². The molecule has 1 N–H and O–H groups in total. The molecule has 0 aromatic rings. The van der Waals surface area contributed by atoms with Crippen LogP contribution in [0.1, 0.15) is 12.8 Å². The molecule has 0 aromatic carbocycles. The average molecular weight is 141 g/mol. The van der Waals surface area contributed by atoms with E-state index in [9.17, 15) is 4.79 Å². The molecule has 1 rings (SSSR count). The normalized spacial score (nSPS) is 21.2. The van der Waals surface area contributed by atoms with Gasteiger partial charge < -0.3 is 10.0 Å². The highest BCUT2D eigenvalue weighted by Crippen LogP contribution is 2.08. The number of rotatable bonds is 0. The van der Waals surface area contributed by atoms with Gasteiger partial charge in [-0.2, -0.15) is 0 Å². The van der Waals surface area contributed by atoms with Gasteiger partial charge in [0.05, 0.1) is 13.0 Å². The Morgan fingerprint density at radius 2 is 2.00 bits per heavy atom. The molecule has 1 heterocycles. The molecule has 1 amide bonds. The molecule has 0 aromatic heterocycles. The lowest BCUT2D eigenvalue weighted by atomic mass is 10.1. The van der Waals surface area contributed by atoms with E-state index in [2.05, 4.69) is 0 Å². The van der Waals surface area contributed by atoms with Gasteiger partial charge in [-0.25, -0.2) is 0 Å². The number of nitrogens with zero attached hydrogens (tertiary/aromatic N) is 1. The van der Waals surface area contributed by atoms with Gasteiger partial charge >= 0.3 is 0 Å². The van der Waals surface area contributed by atoms with Crippen molar-refractivity contribution in [1.82, 2.24) is 4.90 Å². The molecule has 0 spiro atoms. The Morgan fingerprint density at radius 3 is 2.40 bits per heavy atom. The molecule has 2 radical (unpaired) electrons. The zero-order valence-corrected chi connectivity index (χ0v) is 5.79. The van der Waals surface area contributed by atoms with Crippen LogP contribution in [-0.2, 0) is 4.79 Å². The van der Waals surface area contributed by atoms with Crippen LogP contribution in [0.25, 0.3) is 0 Å². The van der Waals surface area contributed by atoms with Gasteiger partial charge in [0.1, 0.15) is 0 Å². The van der Waals surface area contributed by atoms with Crippen molar-refractivity contribution in [3.63, 3.8) is 0 Å². The van der Waals surface area contributed by atoms with Crippen LogP contribution in [0.3, 0.4) is 0 Å². The Morgan fingerprint density at radius 1 is 1.50 bits per heavy atom. The van der Waals surface area contributed by atoms with Crippen LogP contribution in [0.4, 0.5) is 0 Å². The molecule has 0 atom stereocenters. The first-order valence-corrected chi connectivity index (χ1v) is 3.42. The lowest BCUT2D eigenvalue weighted by molar-refractivity contribution is -0.128. The fraction of sp³-hybridized carbons (Fsp3) is 0.714. The summed E-state index contributed by atoms with van der Waals surface area (Å²) in [5.41, 5.74) is 0. The fourth-order valence-electron chi connectivity index (χ4n) is 1.09. The third-order valence-corrected chi connectivity index (χ3v) is 1.78. The minimum absolute atomic E-state index is 0.240. The Labute approximate surface area is 60.6 Å². The number of likely N-dealkylation sites (tertiary alicyclic amines) is 1. The van der Waals surface area contributed by atoms with Gasteiger partial charge in [0.2, 0.25) is 5.91 Å². The second kappa shape index (κ2) is 3.01. The van der Waals surface area contributed by atoms with Crippen molar-refractivity contribution in [2.75, 3.05) is 13.1 Å². The second-order valence-electron chi connectivity index (χ2n) is 2.56. The molecule has 0 saturated carbocycles. The van der Waals surface area contributed by atoms with E-state index in [1.165, 1.54) is 0 Å². The summed E-state index contributed by atoms with van der Waals surface area (Å²) in [6.45, 7) is 6.21. The summed E-state index contributed by atoms with van der Waals surface area (Å²) in [5, 5.41) is 9.03. The summed E-state index contributed by atoms with van der Waals surface area (Å²) in [6, 6.07) is 0. The van der Waals surface area contributed by atoms with Gasteiger partial charge in [0, 0.05) is 13.1 Å². The Hall–Kier alpha value is -0.570. The van der Waals surface area contributed by atoms with Gasteiger partial charge in [-0.05, 0) is 12.8 Å². The van der Waals surface area contributed by atoms with Crippen LogP contribution in [-0.4, -0.2) is 35.1 Å². The number of hydrogen-bond donors (Lipinski definition) is 1. The van der Waals surface area contributed by atoms with Crippen LogP contribution in [0.5, 0.6) is 0 Å². The number of aliphatic hydroxyl groups is 1. The molecule has 0 bridgehead atoms. The van der Waals surface area contributed by atoms with Crippen molar-refractivity contribution in [3.8, 4) is 0 Å². The highest BCUT2D eigenvalue weighted by molar-refractivity contribution is 5.80. The Kier molecular flexibility index (Phi) is 2.27. The van der Waals surface area contributed by atoms with Gasteiger partial charge in [-0.3, -0.25) is 4.79 Å². The third kappa shape index (κ3) is 1.70. The molecule has 1 aliphatic rings. The summed E-state index contributed by atoms with van der Waals surface area (Å²) in [4.78, 5) is 12.1.